The lowest BCUT2D eigenvalue weighted by Crippen LogP contribution is -1.96. The molecule has 0 atom stereocenters. The van der Waals surface area contributed by atoms with Crippen LogP contribution in [0.15, 0.2) is 48.2 Å². The lowest BCUT2D eigenvalue weighted by Gasteiger charge is -2.04. The van der Waals surface area contributed by atoms with Gasteiger partial charge in [0.1, 0.15) is 12.1 Å². The molecule has 0 aliphatic rings. The molecular weight excluding hydrogens is 330 g/mol. The molecule has 0 bridgehead atoms. The summed E-state index contributed by atoms with van der Waals surface area (Å²) in [5, 5.41) is 5.40. The van der Waals surface area contributed by atoms with E-state index >= 15 is 0 Å². The van der Waals surface area contributed by atoms with E-state index in [2.05, 4.69) is 51.5 Å². The number of aromatic nitrogens is 4. The van der Waals surface area contributed by atoms with E-state index in [0.717, 1.165) is 15.9 Å². The molecule has 3 heterocycles. The van der Waals surface area contributed by atoms with Crippen LogP contribution in [0.4, 0.5) is 11.6 Å². The van der Waals surface area contributed by atoms with E-state index in [-0.39, 0.29) is 5.28 Å². The van der Waals surface area contributed by atoms with Crippen molar-refractivity contribution in [3.05, 3.63) is 59.1 Å². The lowest BCUT2D eigenvalue weighted by atomic mass is 10.2. The van der Waals surface area contributed by atoms with Gasteiger partial charge in [0, 0.05) is 5.69 Å². The Kier molecular flexibility index (Phi) is 3.48. The van der Waals surface area contributed by atoms with Crippen LogP contribution in [0.2, 0.25) is 5.28 Å². The quantitative estimate of drug-likeness (QED) is 0.554. The van der Waals surface area contributed by atoms with Crippen molar-refractivity contribution in [3.8, 4) is 5.69 Å². The van der Waals surface area contributed by atoms with Gasteiger partial charge >= 0.3 is 0 Å². The van der Waals surface area contributed by atoms with E-state index in [1.807, 2.05) is 22.2 Å². The van der Waals surface area contributed by atoms with Gasteiger partial charge in [-0.3, -0.25) is 0 Å². The second kappa shape index (κ2) is 5.64. The van der Waals surface area contributed by atoms with Crippen LogP contribution in [0.3, 0.4) is 0 Å². The number of aryl methyl sites for hydroxylation is 1. The van der Waals surface area contributed by atoms with Crippen molar-refractivity contribution in [1.29, 1.82) is 0 Å². The van der Waals surface area contributed by atoms with Crippen molar-refractivity contribution in [3.63, 3.8) is 0 Å². The molecule has 1 aromatic carbocycles. The van der Waals surface area contributed by atoms with Gasteiger partial charge in [-0.2, -0.15) is 4.98 Å². The Morgan fingerprint density at radius 1 is 1.13 bits per heavy atom. The lowest BCUT2D eigenvalue weighted by molar-refractivity contribution is 1.06. The van der Waals surface area contributed by atoms with Crippen molar-refractivity contribution in [2.24, 2.45) is 0 Å². The van der Waals surface area contributed by atoms with E-state index in [0.29, 0.717) is 11.6 Å². The van der Waals surface area contributed by atoms with E-state index in [1.54, 1.807) is 17.7 Å². The van der Waals surface area contributed by atoms with Gasteiger partial charge in [-0.25, -0.2) is 9.97 Å². The summed E-state index contributed by atoms with van der Waals surface area (Å²) in [6.45, 7) is 2.07. The zero-order chi connectivity index (χ0) is 15.8. The summed E-state index contributed by atoms with van der Waals surface area (Å²) < 4.78 is 2.91. The first-order valence-electron chi connectivity index (χ1n) is 6.98. The van der Waals surface area contributed by atoms with Crippen LogP contribution in [0.1, 0.15) is 5.56 Å². The second-order valence-corrected chi connectivity index (χ2v) is 6.36. The predicted octanol–water partition coefficient (Wildman–Crippen LogP) is 4.58. The second-order valence-electron chi connectivity index (χ2n) is 5.10. The number of halogens is 1. The maximum Gasteiger partial charge on any atom is 0.224 e. The third-order valence-corrected chi connectivity index (χ3v) is 4.52. The molecule has 0 fully saturated rings. The number of hydrogen-bond acceptors (Lipinski definition) is 5. The molecule has 0 aliphatic carbocycles. The van der Waals surface area contributed by atoms with Gasteiger partial charge in [0.05, 0.1) is 16.4 Å². The van der Waals surface area contributed by atoms with Gasteiger partial charge in [0.25, 0.3) is 0 Å². The van der Waals surface area contributed by atoms with Crippen LogP contribution in [0, 0.1) is 6.92 Å². The molecule has 0 aliphatic heterocycles. The van der Waals surface area contributed by atoms with Gasteiger partial charge < -0.3 is 9.88 Å². The fraction of sp³-hybridized carbons (Fsp3) is 0.0625. The van der Waals surface area contributed by atoms with Crippen molar-refractivity contribution >= 4 is 44.8 Å². The van der Waals surface area contributed by atoms with Crippen LogP contribution in [0.5, 0.6) is 0 Å². The summed E-state index contributed by atoms with van der Waals surface area (Å²) in [7, 11) is 0. The first-order chi connectivity index (χ1) is 11.2. The molecule has 4 aromatic rings. The minimum Gasteiger partial charge on any atom is -0.322 e. The molecule has 0 saturated heterocycles. The first-order valence-corrected chi connectivity index (χ1v) is 8.23. The molecule has 4 rings (SSSR count). The summed E-state index contributed by atoms with van der Waals surface area (Å²) >= 11 is 7.55. The van der Waals surface area contributed by atoms with E-state index in [9.17, 15) is 0 Å². The normalized spacial score (nSPS) is 11.0. The number of imidazole rings is 1. The largest absolute Gasteiger partial charge is 0.322 e. The molecule has 0 saturated carbocycles. The molecular formula is C16H12ClN5S. The van der Waals surface area contributed by atoms with Crippen molar-refractivity contribution < 1.29 is 0 Å². The molecule has 1 N–H and O–H groups in total. The fourth-order valence-corrected chi connectivity index (χ4v) is 3.24. The maximum absolute atomic E-state index is 5.98. The number of hydrogen-bond donors (Lipinski definition) is 1. The minimum absolute atomic E-state index is 0.219. The summed E-state index contributed by atoms with van der Waals surface area (Å²) in [5.74, 6) is 1.37. The Hall–Kier alpha value is -2.44. The molecule has 7 heteroatoms. The molecule has 0 amide bonds. The molecule has 0 unspecified atom stereocenters. The van der Waals surface area contributed by atoms with Crippen molar-refractivity contribution in [2.45, 2.75) is 6.92 Å². The summed E-state index contributed by atoms with van der Waals surface area (Å²) in [4.78, 5) is 12.8. The zero-order valence-corrected chi connectivity index (χ0v) is 13.8. The Morgan fingerprint density at radius 3 is 2.78 bits per heavy atom. The third-order valence-electron chi connectivity index (χ3n) is 3.44. The Labute approximate surface area is 141 Å². The summed E-state index contributed by atoms with van der Waals surface area (Å²) in [6, 6.07) is 10.2. The van der Waals surface area contributed by atoms with Crippen LogP contribution >= 0.6 is 22.9 Å². The SMILES string of the molecule is Cc1ccc(-n2cnc(Nc3nc(Cl)nc4ccsc34)c2)cc1. The van der Waals surface area contributed by atoms with Crippen LogP contribution in [-0.2, 0) is 0 Å². The van der Waals surface area contributed by atoms with Gasteiger partial charge in [0.2, 0.25) is 5.28 Å². The average molecular weight is 342 g/mol. The fourth-order valence-electron chi connectivity index (χ4n) is 2.29. The van der Waals surface area contributed by atoms with Gasteiger partial charge in [-0.05, 0) is 42.1 Å². The highest BCUT2D eigenvalue weighted by atomic mass is 35.5. The first kappa shape index (κ1) is 14.2. The molecule has 0 radical (unpaired) electrons. The van der Waals surface area contributed by atoms with Crippen molar-refractivity contribution in [2.75, 3.05) is 5.32 Å². The van der Waals surface area contributed by atoms with E-state index in [1.165, 1.54) is 5.56 Å². The number of benzene rings is 1. The number of nitrogens with one attached hydrogen (secondary N) is 1. The number of anilines is 2. The van der Waals surface area contributed by atoms with Crippen LogP contribution in [0.25, 0.3) is 15.9 Å². The molecule has 114 valence electrons. The Balaban J connectivity index is 1.67. The maximum atomic E-state index is 5.98. The molecule has 23 heavy (non-hydrogen) atoms. The monoisotopic (exact) mass is 341 g/mol. The topological polar surface area (TPSA) is 55.6 Å². The van der Waals surface area contributed by atoms with E-state index < -0.39 is 0 Å². The number of nitrogens with zero attached hydrogens (tertiary/aromatic N) is 4. The summed E-state index contributed by atoms with van der Waals surface area (Å²) in [5.41, 5.74) is 3.11. The average Bonchev–Trinajstić information content (AvgIpc) is 3.17. The van der Waals surface area contributed by atoms with E-state index in [4.69, 9.17) is 11.6 Å². The minimum atomic E-state index is 0.219. The number of thiophene rings is 1. The van der Waals surface area contributed by atoms with Gasteiger partial charge in [0.15, 0.2) is 5.82 Å². The number of rotatable bonds is 3. The van der Waals surface area contributed by atoms with Gasteiger partial charge in [-0.1, -0.05) is 17.7 Å². The highest BCUT2D eigenvalue weighted by Crippen LogP contribution is 2.29. The van der Waals surface area contributed by atoms with Crippen LogP contribution < -0.4 is 5.32 Å². The van der Waals surface area contributed by atoms with Gasteiger partial charge in [-0.15, -0.1) is 11.3 Å². The number of fused-ring (bicyclic) bond motifs is 1. The van der Waals surface area contributed by atoms with Crippen molar-refractivity contribution in [1.82, 2.24) is 19.5 Å². The highest BCUT2D eigenvalue weighted by molar-refractivity contribution is 7.17. The smallest absolute Gasteiger partial charge is 0.224 e. The molecule has 3 aromatic heterocycles. The zero-order valence-electron chi connectivity index (χ0n) is 12.2. The van der Waals surface area contributed by atoms with Crippen LogP contribution in [-0.4, -0.2) is 19.5 Å². The highest BCUT2D eigenvalue weighted by Gasteiger charge is 2.10. The molecule has 5 nitrogen and oxygen atoms in total. The third kappa shape index (κ3) is 2.78. The summed E-state index contributed by atoms with van der Waals surface area (Å²) in [6.07, 6.45) is 3.68. The molecule has 0 spiro atoms. The standard InChI is InChI=1S/C16H12ClN5S/c1-10-2-4-11(5-3-10)22-8-13(18-9-22)20-15-14-12(6-7-23-14)19-16(17)21-15/h2-9H,1H3,(H,19,20,21). The predicted molar refractivity (Wildman–Crippen MR) is 94.0 cm³/mol. The Morgan fingerprint density at radius 2 is 1.96 bits per heavy atom. The Bertz CT molecular complexity index is 974.